The summed E-state index contributed by atoms with van der Waals surface area (Å²) < 4.78 is 0. The highest BCUT2D eigenvalue weighted by Crippen LogP contribution is 2.37. The van der Waals surface area contributed by atoms with Gasteiger partial charge in [0.2, 0.25) is 5.91 Å². The molecule has 3 nitrogen and oxygen atoms in total. The van der Waals surface area contributed by atoms with E-state index in [0.717, 1.165) is 25.7 Å². The predicted molar refractivity (Wildman–Crippen MR) is 74.1 cm³/mol. The third-order valence-electron chi connectivity index (χ3n) is 5.02. The average molecular weight is 252 g/mol. The smallest absolute Gasteiger partial charge is 0.223 e. The summed E-state index contributed by atoms with van der Waals surface area (Å²) in [5.74, 6) is 0.789. The van der Waals surface area contributed by atoms with Gasteiger partial charge in [-0.1, -0.05) is 27.7 Å². The first-order valence-corrected chi connectivity index (χ1v) is 7.35. The molecule has 0 aromatic heterocycles. The lowest BCUT2D eigenvalue weighted by atomic mass is 9.79. The van der Waals surface area contributed by atoms with Crippen LogP contribution in [0, 0.1) is 11.3 Å². The average Bonchev–Trinajstić information content (AvgIpc) is 2.50. The van der Waals surface area contributed by atoms with E-state index in [1.54, 1.807) is 0 Å². The molecule has 104 valence electrons. The molecule has 0 spiro atoms. The first kappa shape index (κ1) is 13.9. The van der Waals surface area contributed by atoms with Gasteiger partial charge in [-0.25, -0.2) is 0 Å². The number of piperidine rings is 1. The van der Waals surface area contributed by atoms with Crippen molar-refractivity contribution in [2.24, 2.45) is 17.1 Å². The summed E-state index contributed by atoms with van der Waals surface area (Å²) in [6, 6.07) is 1.17. The summed E-state index contributed by atoms with van der Waals surface area (Å²) in [6.07, 6.45) is 5.02. The third kappa shape index (κ3) is 2.71. The monoisotopic (exact) mass is 252 g/mol. The van der Waals surface area contributed by atoms with Gasteiger partial charge in [-0.05, 0) is 37.0 Å². The molecule has 2 saturated heterocycles. The molecule has 0 aliphatic carbocycles. The van der Waals surface area contributed by atoms with Gasteiger partial charge >= 0.3 is 0 Å². The van der Waals surface area contributed by atoms with Gasteiger partial charge in [-0.2, -0.15) is 0 Å². The molecular weight excluding hydrogens is 224 g/mol. The maximum atomic E-state index is 12.5. The van der Waals surface area contributed by atoms with Crippen LogP contribution in [0.2, 0.25) is 0 Å². The van der Waals surface area contributed by atoms with Crippen LogP contribution in [0.3, 0.4) is 0 Å². The second-order valence-corrected chi connectivity index (χ2v) is 7.39. The summed E-state index contributed by atoms with van der Waals surface area (Å²) in [7, 11) is 0. The highest BCUT2D eigenvalue weighted by atomic mass is 16.2. The van der Waals surface area contributed by atoms with Crippen molar-refractivity contribution in [1.82, 2.24) is 4.90 Å². The highest BCUT2D eigenvalue weighted by molar-refractivity contribution is 5.77. The zero-order chi connectivity index (χ0) is 13.5. The van der Waals surface area contributed by atoms with Gasteiger partial charge in [0.15, 0.2) is 0 Å². The quantitative estimate of drug-likeness (QED) is 0.821. The number of amides is 1. The van der Waals surface area contributed by atoms with Crippen molar-refractivity contribution in [3.05, 3.63) is 0 Å². The minimum atomic E-state index is 0.209. The molecule has 3 heteroatoms. The van der Waals surface area contributed by atoms with Gasteiger partial charge in [-0.3, -0.25) is 4.79 Å². The van der Waals surface area contributed by atoms with E-state index in [2.05, 4.69) is 32.6 Å². The minimum absolute atomic E-state index is 0.209. The fourth-order valence-corrected chi connectivity index (χ4v) is 3.30. The summed E-state index contributed by atoms with van der Waals surface area (Å²) in [5, 5.41) is 0. The topological polar surface area (TPSA) is 46.3 Å². The molecule has 1 amide bonds. The fraction of sp³-hybridized carbons (Fsp3) is 0.933. The van der Waals surface area contributed by atoms with Crippen molar-refractivity contribution in [1.29, 1.82) is 0 Å². The Bertz CT molecular complexity index is 307. The van der Waals surface area contributed by atoms with Crippen LogP contribution < -0.4 is 5.73 Å². The lowest BCUT2D eigenvalue weighted by molar-refractivity contribution is -0.137. The molecule has 18 heavy (non-hydrogen) atoms. The molecule has 0 saturated carbocycles. The molecule has 2 rings (SSSR count). The Morgan fingerprint density at radius 2 is 1.78 bits per heavy atom. The Morgan fingerprint density at radius 1 is 1.28 bits per heavy atom. The molecule has 2 aliphatic rings. The largest absolute Gasteiger partial charge is 0.337 e. The van der Waals surface area contributed by atoms with Crippen LogP contribution in [0.15, 0.2) is 0 Å². The maximum Gasteiger partial charge on any atom is 0.223 e. The van der Waals surface area contributed by atoms with E-state index in [1.807, 2.05) is 0 Å². The Balaban J connectivity index is 1.98. The SMILES string of the molecule is CC(CC(=O)N1C2CCC1CC(N)C2)C(C)(C)C. The predicted octanol–water partition coefficient (Wildman–Crippen LogP) is 2.54. The van der Waals surface area contributed by atoms with Gasteiger partial charge in [0.05, 0.1) is 0 Å². The first-order chi connectivity index (χ1) is 8.29. The summed E-state index contributed by atoms with van der Waals surface area (Å²) >= 11 is 0. The van der Waals surface area contributed by atoms with Gasteiger partial charge in [0.25, 0.3) is 0 Å². The number of hydrogen-bond acceptors (Lipinski definition) is 2. The van der Waals surface area contributed by atoms with Gasteiger partial charge in [-0.15, -0.1) is 0 Å². The van der Waals surface area contributed by atoms with Gasteiger partial charge in [0.1, 0.15) is 0 Å². The Labute approximate surface area is 111 Å². The molecule has 2 heterocycles. The van der Waals surface area contributed by atoms with Crippen molar-refractivity contribution in [3.8, 4) is 0 Å². The zero-order valence-corrected chi connectivity index (χ0v) is 12.3. The van der Waals surface area contributed by atoms with Crippen molar-refractivity contribution in [3.63, 3.8) is 0 Å². The molecular formula is C15H28N2O. The number of hydrogen-bond donors (Lipinski definition) is 1. The number of carbonyl (C=O) groups is 1. The lowest BCUT2D eigenvalue weighted by Gasteiger charge is -2.39. The molecule has 2 fully saturated rings. The zero-order valence-electron chi connectivity index (χ0n) is 12.3. The number of rotatable bonds is 2. The third-order valence-corrected chi connectivity index (χ3v) is 5.02. The number of carbonyl (C=O) groups excluding carboxylic acids is 1. The lowest BCUT2D eigenvalue weighted by Crippen LogP contribution is -2.50. The van der Waals surface area contributed by atoms with Crippen LogP contribution in [0.25, 0.3) is 0 Å². The summed E-state index contributed by atoms with van der Waals surface area (Å²) in [5.41, 5.74) is 6.26. The molecule has 2 aliphatic heterocycles. The molecule has 3 atom stereocenters. The van der Waals surface area contributed by atoms with Crippen LogP contribution in [0.4, 0.5) is 0 Å². The van der Waals surface area contributed by atoms with Crippen LogP contribution >= 0.6 is 0 Å². The maximum absolute atomic E-state index is 12.5. The van der Waals surface area contributed by atoms with E-state index in [0.29, 0.717) is 36.4 Å². The van der Waals surface area contributed by atoms with E-state index >= 15 is 0 Å². The Morgan fingerprint density at radius 3 is 2.22 bits per heavy atom. The van der Waals surface area contributed by atoms with Crippen LogP contribution in [-0.2, 0) is 4.79 Å². The molecule has 0 aromatic rings. The van der Waals surface area contributed by atoms with Crippen molar-refractivity contribution < 1.29 is 4.79 Å². The Kier molecular flexibility index (Phi) is 3.72. The van der Waals surface area contributed by atoms with E-state index < -0.39 is 0 Å². The molecule has 2 bridgehead atoms. The van der Waals surface area contributed by atoms with Crippen molar-refractivity contribution in [2.75, 3.05) is 0 Å². The molecule has 0 radical (unpaired) electrons. The second-order valence-electron chi connectivity index (χ2n) is 7.39. The summed E-state index contributed by atoms with van der Waals surface area (Å²) in [4.78, 5) is 14.7. The van der Waals surface area contributed by atoms with Crippen LogP contribution in [0.1, 0.15) is 59.8 Å². The molecule has 2 N–H and O–H groups in total. The fourth-order valence-electron chi connectivity index (χ4n) is 3.30. The van der Waals surface area contributed by atoms with Crippen LogP contribution in [-0.4, -0.2) is 28.9 Å². The van der Waals surface area contributed by atoms with Crippen molar-refractivity contribution in [2.45, 2.75) is 77.9 Å². The molecule has 0 aromatic carbocycles. The standard InChI is InChI=1S/C15H28N2O/c1-10(15(2,3)4)7-14(18)17-12-5-6-13(17)9-11(16)8-12/h10-13H,5-9,16H2,1-4H3. The van der Waals surface area contributed by atoms with E-state index in [-0.39, 0.29) is 5.41 Å². The van der Waals surface area contributed by atoms with E-state index in [4.69, 9.17) is 5.73 Å². The van der Waals surface area contributed by atoms with Gasteiger partial charge < -0.3 is 10.6 Å². The second kappa shape index (κ2) is 4.84. The number of fused-ring (bicyclic) bond motifs is 2. The van der Waals surface area contributed by atoms with E-state index in [9.17, 15) is 4.79 Å². The van der Waals surface area contributed by atoms with Crippen molar-refractivity contribution >= 4 is 5.91 Å². The molecule has 3 unspecified atom stereocenters. The Hall–Kier alpha value is -0.570. The van der Waals surface area contributed by atoms with Crippen LogP contribution in [0.5, 0.6) is 0 Å². The minimum Gasteiger partial charge on any atom is -0.337 e. The first-order valence-electron chi connectivity index (χ1n) is 7.35. The number of nitrogens with two attached hydrogens (primary N) is 1. The van der Waals surface area contributed by atoms with Gasteiger partial charge in [0, 0.05) is 24.5 Å². The normalized spacial score (nSPS) is 33.6. The van der Waals surface area contributed by atoms with E-state index in [1.165, 1.54) is 0 Å². The summed E-state index contributed by atoms with van der Waals surface area (Å²) in [6.45, 7) is 8.83. The highest BCUT2D eigenvalue weighted by Gasteiger charge is 2.42. The number of nitrogens with zero attached hydrogens (tertiary/aromatic N) is 1.